The molecule has 0 aliphatic rings. The molecule has 152 valence electrons. The van der Waals surface area contributed by atoms with E-state index in [0.717, 1.165) is 16.8 Å². The fraction of sp³-hybridized carbons (Fsp3) is 0.0833. The smallest absolute Gasteiger partial charge is 0.267 e. The highest BCUT2D eigenvalue weighted by atomic mass is 32.2. The third kappa shape index (κ3) is 3.87. The second-order valence-corrected chi connectivity index (χ2v) is 8.03. The first-order valence-corrected chi connectivity index (χ1v) is 10.8. The standard InChI is InChI=1S/C24H18N4O2S/c1-16-11-12-22(25-14-16)28-23(29)19-9-5-6-10-20(19)26-24(28)31-15-18-13-21(30-27-18)17-7-3-2-4-8-17/h2-14H,15H2,1H3. The summed E-state index contributed by atoms with van der Waals surface area (Å²) in [5, 5.41) is 5.30. The Morgan fingerprint density at radius 3 is 2.61 bits per heavy atom. The number of fused-ring (bicyclic) bond motifs is 1. The Morgan fingerprint density at radius 2 is 1.81 bits per heavy atom. The number of hydrogen-bond donors (Lipinski definition) is 0. The first kappa shape index (κ1) is 19.3. The van der Waals surface area contributed by atoms with Gasteiger partial charge in [-0.15, -0.1) is 0 Å². The molecule has 0 aliphatic carbocycles. The molecule has 0 unspecified atom stereocenters. The van der Waals surface area contributed by atoms with E-state index in [1.807, 2.05) is 73.7 Å². The summed E-state index contributed by atoms with van der Waals surface area (Å²) in [7, 11) is 0. The van der Waals surface area contributed by atoms with Gasteiger partial charge in [0.25, 0.3) is 5.56 Å². The highest BCUT2D eigenvalue weighted by Crippen LogP contribution is 2.26. The summed E-state index contributed by atoms with van der Waals surface area (Å²) in [6.45, 7) is 1.96. The fourth-order valence-corrected chi connectivity index (χ4v) is 4.14. The zero-order chi connectivity index (χ0) is 21.2. The normalized spacial score (nSPS) is 11.1. The van der Waals surface area contributed by atoms with Crippen LogP contribution in [0, 0.1) is 6.92 Å². The van der Waals surface area contributed by atoms with Crippen LogP contribution in [-0.2, 0) is 5.75 Å². The van der Waals surface area contributed by atoms with E-state index in [1.54, 1.807) is 16.8 Å². The van der Waals surface area contributed by atoms with E-state index in [2.05, 4.69) is 10.1 Å². The van der Waals surface area contributed by atoms with Gasteiger partial charge in [0.05, 0.1) is 16.6 Å². The van der Waals surface area contributed by atoms with Crippen molar-refractivity contribution in [3.63, 3.8) is 0 Å². The first-order chi connectivity index (χ1) is 15.2. The van der Waals surface area contributed by atoms with Crippen LogP contribution in [0.3, 0.4) is 0 Å². The van der Waals surface area contributed by atoms with Crippen LogP contribution in [0.15, 0.2) is 93.5 Å². The van der Waals surface area contributed by atoms with Gasteiger partial charge in [0.15, 0.2) is 10.9 Å². The topological polar surface area (TPSA) is 73.8 Å². The first-order valence-electron chi connectivity index (χ1n) is 9.78. The number of thioether (sulfide) groups is 1. The maximum atomic E-state index is 13.3. The zero-order valence-corrected chi connectivity index (χ0v) is 17.5. The summed E-state index contributed by atoms with van der Waals surface area (Å²) in [5.41, 5.74) is 3.28. The highest BCUT2D eigenvalue weighted by molar-refractivity contribution is 7.98. The summed E-state index contributed by atoms with van der Waals surface area (Å²) in [5.74, 6) is 1.76. The molecule has 0 spiro atoms. The van der Waals surface area contributed by atoms with Crippen molar-refractivity contribution >= 4 is 22.7 Å². The van der Waals surface area contributed by atoms with Gasteiger partial charge in [-0.3, -0.25) is 4.79 Å². The minimum Gasteiger partial charge on any atom is -0.356 e. The third-order valence-electron chi connectivity index (χ3n) is 4.84. The molecule has 5 aromatic rings. The molecule has 31 heavy (non-hydrogen) atoms. The number of benzene rings is 2. The maximum Gasteiger partial charge on any atom is 0.267 e. The van der Waals surface area contributed by atoms with Crippen LogP contribution >= 0.6 is 11.8 Å². The Labute approximate surface area is 182 Å². The lowest BCUT2D eigenvalue weighted by atomic mass is 10.2. The van der Waals surface area contributed by atoms with E-state index < -0.39 is 0 Å². The predicted molar refractivity (Wildman–Crippen MR) is 121 cm³/mol. The molecule has 0 bridgehead atoms. The summed E-state index contributed by atoms with van der Waals surface area (Å²) < 4.78 is 7.06. The molecule has 5 rings (SSSR count). The van der Waals surface area contributed by atoms with E-state index in [9.17, 15) is 4.79 Å². The average molecular weight is 427 g/mol. The van der Waals surface area contributed by atoms with Crippen molar-refractivity contribution in [2.24, 2.45) is 0 Å². The molecule has 0 fully saturated rings. The van der Waals surface area contributed by atoms with Crippen LogP contribution in [0.2, 0.25) is 0 Å². The van der Waals surface area contributed by atoms with Crippen molar-refractivity contribution in [2.75, 3.05) is 0 Å². The SMILES string of the molecule is Cc1ccc(-n2c(SCc3cc(-c4ccccc4)on3)nc3ccccc3c2=O)nc1. The number of rotatable bonds is 5. The van der Waals surface area contributed by atoms with Gasteiger partial charge >= 0.3 is 0 Å². The number of aryl methyl sites for hydroxylation is 1. The summed E-state index contributed by atoms with van der Waals surface area (Å²) >= 11 is 1.43. The lowest BCUT2D eigenvalue weighted by Gasteiger charge is -2.12. The predicted octanol–water partition coefficient (Wildman–Crippen LogP) is 5.04. The summed E-state index contributed by atoms with van der Waals surface area (Å²) in [6, 6.07) is 22.8. The zero-order valence-electron chi connectivity index (χ0n) is 16.7. The minimum atomic E-state index is -0.144. The van der Waals surface area contributed by atoms with Gasteiger partial charge < -0.3 is 4.52 Å². The monoisotopic (exact) mass is 426 g/mol. The summed E-state index contributed by atoms with van der Waals surface area (Å²) in [4.78, 5) is 22.5. The van der Waals surface area contributed by atoms with Crippen molar-refractivity contribution in [1.82, 2.24) is 19.7 Å². The van der Waals surface area contributed by atoms with Crippen LogP contribution in [0.25, 0.3) is 28.0 Å². The van der Waals surface area contributed by atoms with Crippen molar-refractivity contribution < 1.29 is 4.52 Å². The molecule has 6 nitrogen and oxygen atoms in total. The van der Waals surface area contributed by atoms with E-state index in [-0.39, 0.29) is 5.56 Å². The van der Waals surface area contributed by atoms with E-state index in [4.69, 9.17) is 9.51 Å². The molecule has 7 heteroatoms. The molecule has 0 radical (unpaired) electrons. The number of para-hydroxylation sites is 1. The maximum absolute atomic E-state index is 13.3. The van der Waals surface area contributed by atoms with Crippen molar-refractivity contribution in [3.05, 3.63) is 101 Å². The van der Waals surface area contributed by atoms with Gasteiger partial charge in [-0.2, -0.15) is 0 Å². The number of hydrogen-bond acceptors (Lipinski definition) is 6. The fourth-order valence-electron chi connectivity index (χ4n) is 3.26. The van der Waals surface area contributed by atoms with E-state index in [0.29, 0.717) is 33.4 Å². The van der Waals surface area contributed by atoms with Crippen LogP contribution in [0.4, 0.5) is 0 Å². The molecule has 0 atom stereocenters. The minimum absolute atomic E-state index is 0.144. The Hall–Kier alpha value is -3.71. The van der Waals surface area contributed by atoms with Gasteiger partial charge in [-0.05, 0) is 30.7 Å². The second kappa shape index (κ2) is 8.20. The average Bonchev–Trinajstić information content (AvgIpc) is 3.28. The lowest BCUT2D eigenvalue weighted by molar-refractivity contribution is 0.426. The van der Waals surface area contributed by atoms with E-state index in [1.165, 1.54) is 11.8 Å². The van der Waals surface area contributed by atoms with Crippen molar-refractivity contribution in [3.8, 4) is 17.1 Å². The number of aromatic nitrogens is 4. The lowest BCUT2D eigenvalue weighted by Crippen LogP contribution is -2.22. The van der Waals surface area contributed by atoms with Crippen LogP contribution in [0.1, 0.15) is 11.3 Å². The van der Waals surface area contributed by atoms with Gasteiger partial charge in [-0.25, -0.2) is 14.5 Å². The molecule has 3 aromatic heterocycles. The molecule has 2 aromatic carbocycles. The van der Waals surface area contributed by atoms with Gasteiger partial charge in [0.2, 0.25) is 0 Å². The number of pyridine rings is 1. The van der Waals surface area contributed by atoms with Gasteiger partial charge in [0, 0.05) is 23.6 Å². The molecule has 3 heterocycles. The largest absolute Gasteiger partial charge is 0.356 e. The Morgan fingerprint density at radius 1 is 1.00 bits per heavy atom. The van der Waals surface area contributed by atoms with E-state index >= 15 is 0 Å². The molecule has 0 N–H and O–H groups in total. The Kier molecular flexibility index (Phi) is 5.09. The number of nitrogens with zero attached hydrogens (tertiary/aromatic N) is 4. The van der Waals surface area contributed by atoms with Gasteiger partial charge in [-0.1, -0.05) is 65.4 Å². The Balaban J connectivity index is 1.52. The molecule has 0 saturated carbocycles. The molecule has 0 amide bonds. The van der Waals surface area contributed by atoms with Gasteiger partial charge in [0.1, 0.15) is 5.82 Å². The quantitative estimate of drug-likeness (QED) is 0.290. The molecular formula is C24H18N4O2S. The second-order valence-electron chi connectivity index (χ2n) is 7.08. The Bertz CT molecular complexity index is 1410. The molecule has 0 saturated heterocycles. The van der Waals surface area contributed by atoms with Crippen molar-refractivity contribution in [2.45, 2.75) is 17.8 Å². The highest BCUT2D eigenvalue weighted by Gasteiger charge is 2.15. The summed E-state index contributed by atoms with van der Waals surface area (Å²) in [6.07, 6.45) is 1.75. The molecular weight excluding hydrogens is 408 g/mol. The molecule has 0 aliphatic heterocycles. The van der Waals surface area contributed by atoms with Crippen LogP contribution < -0.4 is 5.56 Å². The van der Waals surface area contributed by atoms with Crippen molar-refractivity contribution in [1.29, 1.82) is 0 Å². The van der Waals surface area contributed by atoms with Crippen LogP contribution in [-0.4, -0.2) is 19.7 Å². The van der Waals surface area contributed by atoms with Crippen LogP contribution in [0.5, 0.6) is 0 Å². The third-order valence-corrected chi connectivity index (χ3v) is 5.81.